The zero-order valence-electron chi connectivity index (χ0n) is 16.1. The summed E-state index contributed by atoms with van der Waals surface area (Å²) in [5.74, 6) is -0.258. The normalized spacial score (nSPS) is 11.0. The first-order valence-corrected chi connectivity index (χ1v) is 9.88. The molecule has 1 heterocycles. The van der Waals surface area contributed by atoms with E-state index in [9.17, 15) is 9.59 Å². The third-order valence-electron chi connectivity index (χ3n) is 4.59. The van der Waals surface area contributed by atoms with E-state index < -0.39 is 5.97 Å². The standard InChI is InChI=1S/C23H19Cl2NO4/c1-30-18-4-2-3-16(13-18)7-10-21-19(24)14-20(25)22(27)26(21)12-11-15-5-8-17(9-6-15)23(28)29/h2-10,13-14H,11-12H2,1H3,(H,28,29). The summed E-state index contributed by atoms with van der Waals surface area (Å²) in [7, 11) is 1.60. The number of carboxylic acid groups (broad SMARTS) is 1. The van der Waals surface area contributed by atoms with Crippen LogP contribution in [0.25, 0.3) is 12.2 Å². The molecule has 2 aromatic carbocycles. The molecule has 0 unspecified atom stereocenters. The fraction of sp³-hybridized carbons (Fsp3) is 0.130. The van der Waals surface area contributed by atoms with Gasteiger partial charge in [-0.1, -0.05) is 53.5 Å². The second kappa shape index (κ2) is 9.65. The Morgan fingerprint density at radius 1 is 1.07 bits per heavy atom. The summed E-state index contributed by atoms with van der Waals surface area (Å²) >= 11 is 12.4. The molecule has 0 saturated carbocycles. The van der Waals surface area contributed by atoms with Crippen molar-refractivity contribution in [2.24, 2.45) is 0 Å². The predicted octanol–water partition coefficient (Wildman–Crippen LogP) is 5.28. The number of nitrogens with zero attached hydrogens (tertiary/aromatic N) is 1. The Balaban J connectivity index is 1.90. The number of methoxy groups -OCH3 is 1. The van der Waals surface area contributed by atoms with Gasteiger partial charge in [0.1, 0.15) is 10.8 Å². The van der Waals surface area contributed by atoms with Gasteiger partial charge in [-0.15, -0.1) is 0 Å². The van der Waals surface area contributed by atoms with Crippen molar-refractivity contribution in [1.82, 2.24) is 4.57 Å². The Morgan fingerprint density at radius 2 is 1.80 bits per heavy atom. The molecule has 30 heavy (non-hydrogen) atoms. The van der Waals surface area contributed by atoms with Gasteiger partial charge in [-0.25, -0.2) is 4.79 Å². The van der Waals surface area contributed by atoms with Gasteiger partial charge < -0.3 is 14.4 Å². The summed E-state index contributed by atoms with van der Waals surface area (Å²) in [5, 5.41) is 9.42. The highest BCUT2D eigenvalue weighted by molar-refractivity contribution is 6.35. The Labute approximate surface area is 183 Å². The van der Waals surface area contributed by atoms with Crippen LogP contribution in [0.2, 0.25) is 10.0 Å². The maximum atomic E-state index is 12.7. The number of carboxylic acids is 1. The molecule has 154 valence electrons. The Morgan fingerprint density at radius 3 is 2.47 bits per heavy atom. The van der Waals surface area contributed by atoms with E-state index >= 15 is 0 Å². The molecule has 0 spiro atoms. The lowest BCUT2D eigenvalue weighted by molar-refractivity contribution is 0.0697. The smallest absolute Gasteiger partial charge is 0.335 e. The molecule has 7 heteroatoms. The fourth-order valence-electron chi connectivity index (χ4n) is 2.98. The first-order valence-electron chi connectivity index (χ1n) is 9.12. The van der Waals surface area contributed by atoms with Crippen molar-refractivity contribution in [3.8, 4) is 5.75 Å². The largest absolute Gasteiger partial charge is 0.497 e. The number of aromatic carboxylic acids is 1. The highest BCUT2D eigenvalue weighted by Crippen LogP contribution is 2.22. The van der Waals surface area contributed by atoms with Gasteiger partial charge in [0.2, 0.25) is 0 Å². The van der Waals surface area contributed by atoms with Gasteiger partial charge in [-0.2, -0.15) is 0 Å². The lowest BCUT2D eigenvalue weighted by atomic mass is 10.1. The Bertz CT molecular complexity index is 1150. The topological polar surface area (TPSA) is 68.5 Å². The molecule has 0 aliphatic carbocycles. The van der Waals surface area contributed by atoms with Crippen LogP contribution in [0, 0.1) is 0 Å². The fourth-order valence-corrected chi connectivity index (χ4v) is 3.52. The van der Waals surface area contributed by atoms with Crippen molar-refractivity contribution in [2.75, 3.05) is 7.11 Å². The number of pyridine rings is 1. The van der Waals surface area contributed by atoms with Crippen molar-refractivity contribution in [1.29, 1.82) is 0 Å². The van der Waals surface area contributed by atoms with E-state index in [4.69, 9.17) is 33.0 Å². The van der Waals surface area contributed by atoms with Crippen LogP contribution < -0.4 is 10.3 Å². The van der Waals surface area contributed by atoms with E-state index in [-0.39, 0.29) is 16.1 Å². The number of hydrogen-bond acceptors (Lipinski definition) is 3. The van der Waals surface area contributed by atoms with E-state index in [1.54, 1.807) is 25.3 Å². The lowest BCUT2D eigenvalue weighted by Gasteiger charge is -2.13. The zero-order valence-corrected chi connectivity index (χ0v) is 17.7. The minimum Gasteiger partial charge on any atom is -0.497 e. The summed E-state index contributed by atoms with van der Waals surface area (Å²) in [5.41, 5.74) is 2.20. The van der Waals surface area contributed by atoms with E-state index in [0.717, 1.165) is 16.9 Å². The van der Waals surface area contributed by atoms with Gasteiger partial charge in [-0.3, -0.25) is 4.79 Å². The van der Waals surface area contributed by atoms with Gasteiger partial charge in [0, 0.05) is 6.54 Å². The van der Waals surface area contributed by atoms with Crippen LogP contribution in [0.1, 0.15) is 27.2 Å². The summed E-state index contributed by atoms with van der Waals surface area (Å²) in [6.45, 7) is 0.337. The molecular weight excluding hydrogens is 425 g/mol. The molecule has 3 rings (SSSR count). The summed E-state index contributed by atoms with van der Waals surface area (Å²) in [6, 6.07) is 15.5. The maximum Gasteiger partial charge on any atom is 0.335 e. The molecule has 0 radical (unpaired) electrons. The SMILES string of the molecule is COc1cccc(C=Cc2c(Cl)cc(Cl)c(=O)n2CCc2ccc(C(=O)O)cc2)c1. The molecule has 0 aliphatic rings. The van der Waals surface area contributed by atoms with E-state index in [1.807, 2.05) is 30.3 Å². The van der Waals surface area contributed by atoms with Crippen LogP contribution in [-0.4, -0.2) is 22.8 Å². The Hall–Kier alpha value is -3.02. The number of benzene rings is 2. The van der Waals surface area contributed by atoms with Crippen LogP contribution in [0.15, 0.2) is 59.4 Å². The molecule has 3 aromatic rings. The molecule has 0 atom stereocenters. The zero-order chi connectivity index (χ0) is 21.7. The summed E-state index contributed by atoms with van der Waals surface area (Å²) < 4.78 is 6.75. The van der Waals surface area contributed by atoms with Crippen LogP contribution in [0.3, 0.4) is 0 Å². The van der Waals surface area contributed by atoms with Crippen molar-refractivity contribution < 1.29 is 14.6 Å². The van der Waals surface area contributed by atoms with Gasteiger partial charge in [0.15, 0.2) is 0 Å². The van der Waals surface area contributed by atoms with Crippen LogP contribution in [-0.2, 0) is 13.0 Å². The number of carbonyl (C=O) groups is 1. The minimum atomic E-state index is -0.982. The average Bonchev–Trinajstić information content (AvgIpc) is 2.75. The summed E-state index contributed by atoms with van der Waals surface area (Å²) in [4.78, 5) is 23.7. The van der Waals surface area contributed by atoms with Gasteiger partial charge >= 0.3 is 5.97 Å². The first-order chi connectivity index (χ1) is 14.4. The van der Waals surface area contributed by atoms with Crippen LogP contribution in [0.4, 0.5) is 0 Å². The highest BCUT2D eigenvalue weighted by Gasteiger charge is 2.11. The molecule has 5 nitrogen and oxygen atoms in total. The number of hydrogen-bond donors (Lipinski definition) is 1. The van der Waals surface area contributed by atoms with E-state index in [2.05, 4.69) is 0 Å². The van der Waals surface area contributed by atoms with Crippen molar-refractivity contribution in [3.05, 3.63) is 97.4 Å². The predicted molar refractivity (Wildman–Crippen MR) is 120 cm³/mol. The monoisotopic (exact) mass is 443 g/mol. The molecule has 1 aromatic heterocycles. The van der Waals surface area contributed by atoms with Gasteiger partial charge in [0.25, 0.3) is 5.56 Å². The van der Waals surface area contributed by atoms with Crippen LogP contribution in [0.5, 0.6) is 5.75 Å². The summed E-state index contributed by atoms with van der Waals surface area (Å²) in [6.07, 6.45) is 4.12. The lowest BCUT2D eigenvalue weighted by Crippen LogP contribution is -2.24. The minimum absolute atomic E-state index is 0.0414. The quantitative estimate of drug-likeness (QED) is 0.539. The molecule has 1 N–H and O–H groups in total. The number of ether oxygens (including phenoxy) is 1. The van der Waals surface area contributed by atoms with Crippen molar-refractivity contribution in [2.45, 2.75) is 13.0 Å². The molecule has 0 aliphatic heterocycles. The van der Waals surface area contributed by atoms with Gasteiger partial charge in [0.05, 0.1) is 23.4 Å². The second-order valence-electron chi connectivity index (χ2n) is 6.54. The third-order valence-corrected chi connectivity index (χ3v) is 5.16. The molecular formula is C23H19Cl2NO4. The molecule has 0 bridgehead atoms. The molecule has 0 fully saturated rings. The molecule has 0 amide bonds. The van der Waals surface area contributed by atoms with E-state index in [1.165, 1.54) is 22.8 Å². The van der Waals surface area contributed by atoms with Gasteiger partial charge in [-0.05, 0) is 54.0 Å². The third kappa shape index (κ3) is 5.12. The number of rotatable bonds is 7. The van der Waals surface area contributed by atoms with Crippen molar-refractivity contribution >= 4 is 41.3 Å². The first kappa shape index (κ1) is 21.7. The number of aromatic nitrogens is 1. The van der Waals surface area contributed by atoms with Crippen LogP contribution >= 0.6 is 23.2 Å². The molecule has 0 saturated heterocycles. The maximum absolute atomic E-state index is 12.7. The number of aryl methyl sites for hydroxylation is 1. The number of halogens is 2. The van der Waals surface area contributed by atoms with E-state index in [0.29, 0.717) is 23.7 Å². The highest BCUT2D eigenvalue weighted by atomic mass is 35.5. The Kier molecular flexibility index (Phi) is 6.98. The second-order valence-corrected chi connectivity index (χ2v) is 7.36. The average molecular weight is 444 g/mol. The van der Waals surface area contributed by atoms with Crippen molar-refractivity contribution in [3.63, 3.8) is 0 Å².